The number of carbonyl (C=O) groups is 1. The summed E-state index contributed by atoms with van der Waals surface area (Å²) < 4.78 is 12.8. The molecule has 1 aromatic carbocycles. The summed E-state index contributed by atoms with van der Waals surface area (Å²) in [7, 11) is 1.65. The van der Waals surface area contributed by atoms with Gasteiger partial charge in [-0.2, -0.15) is 0 Å². The van der Waals surface area contributed by atoms with Crippen molar-refractivity contribution >= 4 is 5.91 Å². The van der Waals surface area contributed by atoms with Gasteiger partial charge >= 0.3 is 0 Å². The average molecular weight is 419 g/mol. The first kappa shape index (κ1) is 19.5. The second kappa shape index (κ2) is 8.02. The molecule has 1 unspecified atom stereocenters. The van der Waals surface area contributed by atoms with Crippen LogP contribution in [0.2, 0.25) is 0 Å². The number of benzene rings is 1. The van der Waals surface area contributed by atoms with Crippen LogP contribution in [-0.2, 0) is 16.8 Å². The Labute approximate surface area is 180 Å². The van der Waals surface area contributed by atoms with Crippen LogP contribution in [0.3, 0.4) is 0 Å². The van der Waals surface area contributed by atoms with Crippen molar-refractivity contribution in [2.45, 2.75) is 37.3 Å². The quantitative estimate of drug-likeness (QED) is 0.586. The molecule has 1 saturated carbocycles. The Kier molecular flexibility index (Phi) is 5.05. The molecule has 160 valence electrons. The fraction of sp³-hybridized carbons (Fsp3) is 0.391. The monoisotopic (exact) mass is 419 g/mol. The molecule has 1 atom stereocenters. The molecule has 8 nitrogen and oxygen atoms in total. The molecule has 0 N–H and O–H groups in total. The fourth-order valence-corrected chi connectivity index (χ4v) is 4.26. The van der Waals surface area contributed by atoms with E-state index in [-0.39, 0.29) is 17.4 Å². The van der Waals surface area contributed by atoms with E-state index in [1.807, 2.05) is 40.0 Å². The van der Waals surface area contributed by atoms with Gasteiger partial charge in [0.15, 0.2) is 0 Å². The van der Waals surface area contributed by atoms with Crippen molar-refractivity contribution in [3.05, 3.63) is 66.2 Å². The lowest BCUT2D eigenvalue weighted by Gasteiger charge is -2.23. The Morgan fingerprint density at radius 3 is 2.61 bits per heavy atom. The highest BCUT2D eigenvalue weighted by Gasteiger charge is 2.53. The summed E-state index contributed by atoms with van der Waals surface area (Å²) in [6.07, 6.45) is 7.97. The van der Waals surface area contributed by atoms with E-state index in [2.05, 4.69) is 15.3 Å². The zero-order valence-corrected chi connectivity index (χ0v) is 17.5. The van der Waals surface area contributed by atoms with Gasteiger partial charge < -0.3 is 14.4 Å². The van der Waals surface area contributed by atoms with E-state index in [9.17, 15) is 4.79 Å². The summed E-state index contributed by atoms with van der Waals surface area (Å²) >= 11 is 0. The minimum absolute atomic E-state index is 0.137. The molecule has 1 amide bonds. The third-order valence-electron chi connectivity index (χ3n) is 6.22. The number of pyridine rings is 1. The van der Waals surface area contributed by atoms with E-state index in [0.29, 0.717) is 13.2 Å². The third kappa shape index (κ3) is 3.85. The van der Waals surface area contributed by atoms with Gasteiger partial charge in [-0.25, -0.2) is 4.68 Å². The maximum atomic E-state index is 13.4. The summed E-state index contributed by atoms with van der Waals surface area (Å²) in [5.41, 5.74) is 1.48. The van der Waals surface area contributed by atoms with E-state index in [1.54, 1.807) is 31.6 Å². The van der Waals surface area contributed by atoms with Crippen LogP contribution in [0.25, 0.3) is 0 Å². The van der Waals surface area contributed by atoms with Gasteiger partial charge in [0.1, 0.15) is 23.8 Å². The van der Waals surface area contributed by atoms with Crippen molar-refractivity contribution in [1.29, 1.82) is 0 Å². The van der Waals surface area contributed by atoms with Gasteiger partial charge in [0, 0.05) is 25.5 Å². The van der Waals surface area contributed by atoms with E-state index in [0.717, 1.165) is 48.6 Å². The van der Waals surface area contributed by atoms with Crippen LogP contribution < -0.4 is 9.47 Å². The molecule has 31 heavy (non-hydrogen) atoms. The molecule has 5 rings (SSSR count). The van der Waals surface area contributed by atoms with E-state index in [1.165, 1.54) is 0 Å². The zero-order chi connectivity index (χ0) is 21.3. The second-order valence-corrected chi connectivity index (χ2v) is 8.17. The van der Waals surface area contributed by atoms with Gasteiger partial charge in [-0.3, -0.25) is 9.78 Å². The molecular weight excluding hydrogens is 394 g/mol. The number of hydrogen-bond acceptors (Lipinski definition) is 6. The van der Waals surface area contributed by atoms with Gasteiger partial charge in [0.2, 0.25) is 5.91 Å². The average Bonchev–Trinajstić information content (AvgIpc) is 3.25. The van der Waals surface area contributed by atoms with Gasteiger partial charge in [0.25, 0.3) is 0 Å². The molecular formula is C23H25N5O3. The van der Waals surface area contributed by atoms with Crippen molar-refractivity contribution in [1.82, 2.24) is 24.9 Å². The number of aromatic nitrogens is 4. The minimum atomic E-state index is -0.368. The Morgan fingerprint density at radius 2 is 1.90 bits per heavy atom. The van der Waals surface area contributed by atoms with Crippen LogP contribution in [0, 0.1) is 0 Å². The second-order valence-electron chi connectivity index (χ2n) is 8.17. The Bertz CT molecular complexity index is 1050. The Morgan fingerprint density at radius 1 is 1.13 bits per heavy atom. The maximum Gasteiger partial charge on any atom is 0.233 e. The largest absolute Gasteiger partial charge is 0.497 e. The fourth-order valence-electron chi connectivity index (χ4n) is 4.26. The maximum absolute atomic E-state index is 13.4. The van der Waals surface area contributed by atoms with Crippen LogP contribution in [0.1, 0.15) is 36.6 Å². The van der Waals surface area contributed by atoms with Crippen molar-refractivity contribution < 1.29 is 14.3 Å². The van der Waals surface area contributed by atoms with Crippen LogP contribution in [0.15, 0.2) is 55.0 Å². The highest BCUT2D eigenvalue weighted by molar-refractivity contribution is 5.91. The topological polar surface area (TPSA) is 82.4 Å². The molecule has 3 heterocycles. The summed E-state index contributed by atoms with van der Waals surface area (Å²) in [6.45, 7) is 1.74. The lowest BCUT2D eigenvalue weighted by Crippen LogP contribution is -2.38. The van der Waals surface area contributed by atoms with Crippen LogP contribution >= 0.6 is 0 Å². The summed E-state index contributed by atoms with van der Waals surface area (Å²) in [6, 6.07) is 11.6. The molecule has 0 bridgehead atoms. The van der Waals surface area contributed by atoms with Crippen molar-refractivity contribution in [2.75, 3.05) is 20.2 Å². The smallest absolute Gasteiger partial charge is 0.233 e. The number of rotatable bonds is 7. The lowest BCUT2D eigenvalue weighted by atomic mass is 9.94. The summed E-state index contributed by atoms with van der Waals surface area (Å²) in [5, 5.41) is 8.51. The SMILES string of the molecule is COc1ccc(C2(C(=O)N3CCC(n4cc(COc5ccncc5)nn4)C3)CC2)cc1. The van der Waals surface area contributed by atoms with Gasteiger partial charge in [-0.1, -0.05) is 17.3 Å². The molecule has 0 radical (unpaired) electrons. The van der Waals surface area contributed by atoms with Crippen molar-refractivity contribution in [3.8, 4) is 11.5 Å². The number of carbonyl (C=O) groups excluding carboxylic acids is 1. The van der Waals surface area contributed by atoms with Crippen LogP contribution in [0.4, 0.5) is 0 Å². The molecule has 1 aliphatic carbocycles. The minimum Gasteiger partial charge on any atom is -0.497 e. The number of methoxy groups -OCH3 is 1. The number of hydrogen-bond donors (Lipinski definition) is 0. The number of likely N-dealkylation sites (tertiary alicyclic amines) is 1. The van der Waals surface area contributed by atoms with Crippen LogP contribution in [-0.4, -0.2) is 51.0 Å². The van der Waals surface area contributed by atoms with Gasteiger partial charge in [0.05, 0.1) is 24.8 Å². The predicted molar refractivity (Wildman–Crippen MR) is 113 cm³/mol. The summed E-state index contributed by atoms with van der Waals surface area (Å²) in [4.78, 5) is 19.3. The predicted octanol–water partition coefficient (Wildman–Crippen LogP) is 2.77. The van der Waals surface area contributed by atoms with Crippen molar-refractivity contribution in [3.63, 3.8) is 0 Å². The summed E-state index contributed by atoms with van der Waals surface area (Å²) in [5.74, 6) is 1.78. The van der Waals surface area contributed by atoms with E-state index >= 15 is 0 Å². The molecule has 1 aliphatic heterocycles. The molecule has 1 saturated heterocycles. The highest BCUT2D eigenvalue weighted by atomic mass is 16.5. The van der Waals surface area contributed by atoms with Crippen LogP contribution in [0.5, 0.6) is 11.5 Å². The Balaban J connectivity index is 1.21. The standard InChI is InChI=1S/C23H25N5O3/c1-30-20-4-2-17(3-5-20)23(9-10-23)22(29)27-13-8-19(15-27)28-14-18(25-26-28)16-31-21-6-11-24-12-7-21/h2-7,11-12,14,19H,8-10,13,15-16H2,1H3. The number of nitrogens with zero attached hydrogens (tertiary/aromatic N) is 5. The first-order chi connectivity index (χ1) is 15.2. The lowest BCUT2D eigenvalue weighted by molar-refractivity contribution is -0.133. The zero-order valence-electron chi connectivity index (χ0n) is 17.5. The Hall–Kier alpha value is -3.42. The van der Waals surface area contributed by atoms with Crippen molar-refractivity contribution in [2.24, 2.45) is 0 Å². The highest BCUT2D eigenvalue weighted by Crippen LogP contribution is 2.50. The van der Waals surface area contributed by atoms with E-state index < -0.39 is 0 Å². The molecule has 0 spiro atoms. The van der Waals surface area contributed by atoms with Gasteiger partial charge in [-0.15, -0.1) is 5.10 Å². The third-order valence-corrected chi connectivity index (χ3v) is 6.22. The van der Waals surface area contributed by atoms with Gasteiger partial charge in [-0.05, 0) is 49.1 Å². The molecule has 2 aromatic heterocycles. The molecule has 8 heteroatoms. The van der Waals surface area contributed by atoms with E-state index in [4.69, 9.17) is 9.47 Å². The first-order valence-corrected chi connectivity index (χ1v) is 10.6. The molecule has 2 fully saturated rings. The number of ether oxygens (including phenoxy) is 2. The molecule has 3 aromatic rings. The molecule has 2 aliphatic rings. The number of amides is 1. The first-order valence-electron chi connectivity index (χ1n) is 10.6. The normalized spacial score (nSPS) is 19.3.